The Hall–Kier alpha value is -3.15. The first-order valence-electron chi connectivity index (χ1n) is 6.73. The van der Waals surface area contributed by atoms with Crippen molar-refractivity contribution in [2.45, 2.75) is 6.54 Å². The second-order valence-electron chi connectivity index (χ2n) is 4.79. The molecular weight excluding hydrogens is 282 g/mol. The molecule has 0 bridgehead atoms. The number of para-hydroxylation sites is 2. The van der Waals surface area contributed by atoms with Gasteiger partial charge >= 0.3 is 0 Å². The van der Waals surface area contributed by atoms with Gasteiger partial charge in [-0.05, 0) is 11.6 Å². The molecule has 1 heterocycles. The van der Waals surface area contributed by atoms with Crippen molar-refractivity contribution < 1.29 is 9.22 Å². The molecule has 0 unspecified atom stereocenters. The van der Waals surface area contributed by atoms with E-state index >= 15 is 0 Å². The van der Waals surface area contributed by atoms with Gasteiger partial charge in [0.2, 0.25) is 0 Å². The highest BCUT2D eigenvalue weighted by Crippen LogP contribution is 2.10. The smallest absolute Gasteiger partial charge is 0.286 e. The summed E-state index contributed by atoms with van der Waals surface area (Å²) in [6.07, 6.45) is 0.996. The van der Waals surface area contributed by atoms with Gasteiger partial charge in [0, 0.05) is 17.5 Å². The van der Waals surface area contributed by atoms with E-state index in [1.165, 1.54) is 12.1 Å². The molecule has 3 aromatic rings. The maximum atomic E-state index is 12.2. The fraction of sp³-hybridized carbons (Fsp3) is 0.0625. The number of benzene rings is 2. The Bertz CT molecular complexity index is 888. The van der Waals surface area contributed by atoms with Gasteiger partial charge < -0.3 is 15.3 Å². The number of amides is 1. The second-order valence-corrected chi connectivity index (χ2v) is 4.79. The number of carbonyl (C=O) groups is 1. The van der Waals surface area contributed by atoms with Gasteiger partial charge in [-0.15, -0.1) is 0 Å². The molecule has 3 rings (SSSR count). The van der Waals surface area contributed by atoms with E-state index in [-0.39, 0.29) is 23.3 Å². The Morgan fingerprint density at radius 2 is 1.77 bits per heavy atom. The molecule has 0 saturated heterocycles. The van der Waals surface area contributed by atoms with Crippen molar-refractivity contribution in [3.8, 4) is 0 Å². The van der Waals surface area contributed by atoms with Crippen molar-refractivity contribution in [3.63, 3.8) is 0 Å². The van der Waals surface area contributed by atoms with E-state index < -0.39 is 5.91 Å². The summed E-state index contributed by atoms with van der Waals surface area (Å²) < 4.78 is 1.01. The molecule has 0 atom stereocenters. The lowest BCUT2D eigenvalue weighted by Crippen LogP contribution is -2.30. The van der Waals surface area contributed by atoms with Crippen molar-refractivity contribution in [1.29, 1.82) is 0 Å². The molecule has 110 valence electrons. The first-order chi connectivity index (χ1) is 10.7. The standard InChI is InChI=1S/C16H13N3O3/c20-16(17-10-12-6-2-1-3-7-12)15-11-18(21)13-8-4-5-9-14(13)19(15)22/h1-9,11H,10H2,(H,17,20). The van der Waals surface area contributed by atoms with Crippen LogP contribution in [0.3, 0.4) is 0 Å². The SMILES string of the molecule is O=C(NCc1ccccc1)c1c[n+](=O)c2ccccc2n1[O-]. The van der Waals surface area contributed by atoms with E-state index in [4.69, 9.17) is 0 Å². The Balaban J connectivity index is 1.91. The number of carbonyl (C=O) groups excluding carboxylic acids is 1. The zero-order chi connectivity index (χ0) is 15.5. The third-order valence-electron chi connectivity index (χ3n) is 3.32. The van der Waals surface area contributed by atoms with E-state index in [0.717, 1.165) is 11.8 Å². The highest BCUT2D eigenvalue weighted by molar-refractivity contribution is 5.93. The number of hydrogen-bond donors (Lipinski definition) is 1. The predicted octanol–water partition coefficient (Wildman–Crippen LogP) is 1.83. The van der Waals surface area contributed by atoms with Crippen LogP contribution in [0.15, 0.2) is 60.8 Å². The Labute approximate surface area is 125 Å². The van der Waals surface area contributed by atoms with E-state index in [2.05, 4.69) is 5.32 Å². The molecule has 2 aromatic carbocycles. The highest BCUT2D eigenvalue weighted by atomic mass is 16.5. The molecule has 6 nitrogen and oxygen atoms in total. The third kappa shape index (κ3) is 2.54. The quantitative estimate of drug-likeness (QED) is 0.749. The molecule has 1 aromatic heterocycles. The van der Waals surface area contributed by atoms with Crippen molar-refractivity contribution >= 4 is 16.9 Å². The zero-order valence-electron chi connectivity index (χ0n) is 11.6. The molecule has 1 amide bonds. The van der Waals surface area contributed by atoms with Gasteiger partial charge in [-0.1, -0.05) is 42.5 Å². The van der Waals surface area contributed by atoms with Crippen LogP contribution >= 0.6 is 0 Å². The normalized spacial score (nSPS) is 10.5. The molecule has 0 aliphatic heterocycles. The predicted molar refractivity (Wildman–Crippen MR) is 81.7 cm³/mol. The summed E-state index contributed by atoms with van der Waals surface area (Å²) in [5.41, 5.74) is 1.05. The van der Waals surface area contributed by atoms with Crippen LogP contribution < -0.4 is 9.74 Å². The molecule has 0 spiro atoms. The summed E-state index contributed by atoms with van der Waals surface area (Å²) in [5, 5.41) is 14.9. The van der Waals surface area contributed by atoms with Gasteiger partial charge in [-0.25, -0.2) is 0 Å². The first-order valence-corrected chi connectivity index (χ1v) is 6.73. The second kappa shape index (κ2) is 5.69. The van der Waals surface area contributed by atoms with Crippen molar-refractivity contribution in [3.05, 3.63) is 82.2 Å². The monoisotopic (exact) mass is 295 g/mol. The molecule has 1 N–H and O–H groups in total. The number of rotatable bonds is 3. The van der Waals surface area contributed by atoms with Crippen molar-refractivity contribution in [1.82, 2.24) is 10.0 Å². The molecule has 22 heavy (non-hydrogen) atoms. The fourth-order valence-corrected chi connectivity index (χ4v) is 2.20. The summed E-state index contributed by atoms with van der Waals surface area (Å²) in [6.45, 7) is 0.283. The molecule has 6 heteroatoms. The van der Waals surface area contributed by atoms with Gasteiger partial charge in [-0.3, -0.25) is 4.79 Å². The molecule has 0 aliphatic carbocycles. The minimum Gasteiger partial charge on any atom is -0.805 e. The van der Waals surface area contributed by atoms with Crippen LogP contribution in [0.2, 0.25) is 0 Å². The lowest BCUT2D eigenvalue weighted by atomic mass is 10.2. The van der Waals surface area contributed by atoms with Crippen molar-refractivity contribution in [2.24, 2.45) is 0 Å². The van der Waals surface area contributed by atoms with Crippen LogP contribution in [-0.2, 0) is 6.54 Å². The molecule has 0 aliphatic rings. The number of aromatic nitrogens is 2. The van der Waals surface area contributed by atoms with Crippen LogP contribution in [0.25, 0.3) is 11.0 Å². The van der Waals surface area contributed by atoms with Crippen molar-refractivity contribution in [2.75, 3.05) is 0 Å². The summed E-state index contributed by atoms with van der Waals surface area (Å²) >= 11 is 0. The van der Waals surface area contributed by atoms with Crippen LogP contribution in [0.1, 0.15) is 16.1 Å². The van der Waals surface area contributed by atoms with Gasteiger partial charge in [-0.2, -0.15) is 0 Å². The highest BCUT2D eigenvalue weighted by Gasteiger charge is 2.16. The van der Waals surface area contributed by atoms with Gasteiger partial charge in [0.15, 0.2) is 5.69 Å². The zero-order valence-corrected chi connectivity index (χ0v) is 11.6. The largest absolute Gasteiger partial charge is 0.805 e. The maximum Gasteiger partial charge on any atom is 0.286 e. The molecule has 0 fully saturated rings. The summed E-state index contributed by atoms with van der Waals surface area (Å²) in [6, 6.07) is 15.6. The average molecular weight is 295 g/mol. The summed E-state index contributed by atoms with van der Waals surface area (Å²) in [5.74, 6) is -0.589. The van der Waals surface area contributed by atoms with E-state index in [9.17, 15) is 14.9 Å². The number of nitrogens with zero attached hydrogens (tertiary/aromatic N) is 2. The molecular formula is C16H13N3O3. The van der Waals surface area contributed by atoms with E-state index in [1.807, 2.05) is 30.3 Å². The minimum absolute atomic E-state index is 0.157. The van der Waals surface area contributed by atoms with Crippen LogP contribution in [0.4, 0.5) is 0 Å². The lowest BCUT2D eigenvalue weighted by Gasteiger charge is -2.16. The third-order valence-corrected chi connectivity index (χ3v) is 3.32. The minimum atomic E-state index is -0.589. The lowest BCUT2D eigenvalue weighted by molar-refractivity contribution is -0.464. The first kappa shape index (κ1) is 13.8. The Morgan fingerprint density at radius 3 is 2.55 bits per heavy atom. The molecule has 0 saturated carbocycles. The van der Waals surface area contributed by atoms with E-state index in [0.29, 0.717) is 9.16 Å². The van der Waals surface area contributed by atoms with Gasteiger partial charge in [0.1, 0.15) is 5.52 Å². The topological polar surface area (TPSA) is 80.1 Å². The van der Waals surface area contributed by atoms with Gasteiger partial charge in [0.25, 0.3) is 17.6 Å². The Kier molecular flexibility index (Phi) is 3.57. The summed E-state index contributed by atoms with van der Waals surface area (Å²) in [7, 11) is 0. The maximum absolute atomic E-state index is 12.2. The van der Waals surface area contributed by atoms with E-state index in [1.54, 1.807) is 12.1 Å². The fourth-order valence-electron chi connectivity index (χ4n) is 2.20. The summed E-state index contributed by atoms with van der Waals surface area (Å²) in [4.78, 5) is 24.1. The van der Waals surface area contributed by atoms with Crippen LogP contribution in [-0.4, -0.2) is 10.6 Å². The average Bonchev–Trinajstić information content (AvgIpc) is 2.57. The van der Waals surface area contributed by atoms with Crippen LogP contribution in [0, 0.1) is 10.1 Å². The number of nitrogens with one attached hydrogen (secondary N) is 1. The van der Waals surface area contributed by atoms with Gasteiger partial charge in [0.05, 0.1) is 4.43 Å². The number of fused-ring (bicyclic) bond motifs is 1. The Morgan fingerprint density at radius 1 is 1.09 bits per heavy atom. The van der Waals surface area contributed by atoms with Crippen LogP contribution in [0.5, 0.6) is 0 Å². The number of hydrogen-bond acceptors (Lipinski definition) is 3. The molecule has 0 radical (unpaired) electrons.